The lowest BCUT2D eigenvalue weighted by molar-refractivity contribution is -0.141. The molecule has 4 atom stereocenters. The van der Waals surface area contributed by atoms with Crippen LogP contribution in [-0.4, -0.2) is 82.1 Å². The van der Waals surface area contributed by atoms with Crippen molar-refractivity contribution in [2.45, 2.75) is 109 Å². The van der Waals surface area contributed by atoms with Gasteiger partial charge in [-0.25, -0.2) is 14.4 Å². The van der Waals surface area contributed by atoms with E-state index in [0.29, 0.717) is 27.8 Å². The average Bonchev–Trinajstić information content (AvgIpc) is 3.53. The Bertz CT molecular complexity index is 2250. The maximum Gasteiger partial charge on any atom is 0.412 e. The van der Waals surface area contributed by atoms with Gasteiger partial charge in [0, 0.05) is 34.7 Å². The van der Waals surface area contributed by atoms with Crippen LogP contribution >= 0.6 is 23.2 Å². The standard InChI is InChI=1S/C49H56Cl2N4O10/c1-48(2,3)65-47(61)55-41(20-13-27-52-46(60)63-30-34-16-10-7-11-17-34)43(64-49(55,4)5)45(59)54-40(29-32-14-8-6-9-15-32)44(58)53-35(23-26-42(56)57)28-33-21-24-36(25-22-33)62-31-37-38(50)18-12-19-39(37)51/h6-12,14-19,21-26,35,40-41,43H,13,20,27-31H2,1-5H3,(H,52,60)(H,53,58)(H,54,59)(H,56,57)/b26-23+/t35-,40-,41+,43-/m1/s1. The van der Waals surface area contributed by atoms with Gasteiger partial charge in [-0.05, 0) is 94.8 Å². The van der Waals surface area contributed by atoms with Crippen LogP contribution in [-0.2, 0) is 54.6 Å². The summed E-state index contributed by atoms with van der Waals surface area (Å²) >= 11 is 12.6. The molecule has 0 spiro atoms. The SMILES string of the molecule is CC(C)(C)OC(=O)N1[C@@H](CCCNC(=O)OCc2ccccc2)[C@H](C(=O)N[C@H](Cc2ccccc2)C(=O)N[C@H](/C=C/C(=O)O)Cc2ccc(OCc3c(Cl)cccc3Cl)cc2)OC1(C)C. The maximum atomic E-state index is 14.5. The molecular weight excluding hydrogens is 875 g/mol. The van der Waals surface area contributed by atoms with Gasteiger partial charge < -0.3 is 40.0 Å². The van der Waals surface area contributed by atoms with Crippen molar-refractivity contribution in [1.29, 1.82) is 0 Å². The Labute approximate surface area is 389 Å². The van der Waals surface area contributed by atoms with Crippen molar-refractivity contribution in [3.63, 3.8) is 0 Å². The Morgan fingerprint density at radius 2 is 1.43 bits per heavy atom. The van der Waals surface area contributed by atoms with Gasteiger partial charge >= 0.3 is 18.2 Å². The minimum Gasteiger partial charge on any atom is -0.489 e. The largest absolute Gasteiger partial charge is 0.489 e. The van der Waals surface area contributed by atoms with Crippen molar-refractivity contribution in [3.8, 4) is 5.75 Å². The maximum absolute atomic E-state index is 14.5. The van der Waals surface area contributed by atoms with E-state index in [9.17, 15) is 29.1 Å². The fraction of sp³-hybridized carbons (Fsp3) is 0.367. The summed E-state index contributed by atoms with van der Waals surface area (Å²) in [4.78, 5) is 68.1. The van der Waals surface area contributed by atoms with E-state index in [1.54, 1.807) is 77.1 Å². The van der Waals surface area contributed by atoms with Crippen LogP contribution in [0, 0.1) is 0 Å². The zero-order valence-electron chi connectivity index (χ0n) is 37.1. The number of carbonyl (C=O) groups excluding carboxylic acids is 4. The van der Waals surface area contributed by atoms with Crippen LogP contribution in [0.1, 0.15) is 69.7 Å². The number of amides is 4. The van der Waals surface area contributed by atoms with E-state index in [2.05, 4.69) is 16.0 Å². The Morgan fingerprint density at radius 1 is 0.815 bits per heavy atom. The predicted molar refractivity (Wildman–Crippen MR) is 246 cm³/mol. The highest BCUT2D eigenvalue weighted by Gasteiger charge is 2.53. The molecule has 0 aliphatic carbocycles. The number of alkyl carbamates (subject to hydrolysis) is 1. The predicted octanol–water partition coefficient (Wildman–Crippen LogP) is 8.42. The van der Waals surface area contributed by atoms with Gasteiger partial charge in [-0.15, -0.1) is 0 Å². The van der Waals surface area contributed by atoms with Crippen molar-refractivity contribution in [2.24, 2.45) is 0 Å². The van der Waals surface area contributed by atoms with Crippen molar-refractivity contribution >= 4 is 53.2 Å². The molecule has 1 saturated heterocycles. The Hall–Kier alpha value is -6.09. The van der Waals surface area contributed by atoms with E-state index in [1.165, 1.54) is 11.0 Å². The lowest BCUT2D eigenvalue weighted by Gasteiger charge is -2.35. The lowest BCUT2D eigenvalue weighted by atomic mass is 10.0. The molecule has 65 heavy (non-hydrogen) atoms. The number of hydrogen-bond donors (Lipinski definition) is 4. The molecule has 1 heterocycles. The number of ether oxygens (including phenoxy) is 4. The molecule has 14 nitrogen and oxygen atoms in total. The molecule has 16 heteroatoms. The first-order chi connectivity index (χ1) is 30.9. The molecule has 4 amide bonds. The summed E-state index contributed by atoms with van der Waals surface area (Å²) in [7, 11) is 0. The smallest absolute Gasteiger partial charge is 0.412 e. The first-order valence-corrected chi connectivity index (χ1v) is 22.0. The number of nitrogens with one attached hydrogen (secondary N) is 3. The van der Waals surface area contributed by atoms with Crippen LogP contribution in [0.5, 0.6) is 5.75 Å². The van der Waals surface area contributed by atoms with Crippen molar-refractivity contribution in [2.75, 3.05) is 6.54 Å². The first-order valence-electron chi connectivity index (χ1n) is 21.2. The monoisotopic (exact) mass is 930 g/mol. The Kier molecular flexibility index (Phi) is 17.8. The van der Waals surface area contributed by atoms with Gasteiger partial charge in [0.2, 0.25) is 5.91 Å². The number of nitrogens with zero attached hydrogens (tertiary/aromatic N) is 1. The number of aliphatic carboxylic acids is 1. The Morgan fingerprint density at radius 3 is 2.05 bits per heavy atom. The van der Waals surface area contributed by atoms with Crippen LogP contribution in [0.2, 0.25) is 10.0 Å². The fourth-order valence-electron chi connectivity index (χ4n) is 7.19. The molecule has 1 aliphatic heterocycles. The molecule has 1 aliphatic rings. The van der Waals surface area contributed by atoms with Gasteiger partial charge in [0.25, 0.3) is 5.91 Å². The van der Waals surface area contributed by atoms with Crippen LogP contribution in [0.4, 0.5) is 9.59 Å². The second kappa shape index (κ2) is 23.2. The van der Waals surface area contributed by atoms with Crippen LogP contribution in [0.3, 0.4) is 0 Å². The van der Waals surface area contributed by atoms with Crippen LogP contribution in [0.25, 0.3) is 0 Å². The molecule has 0 radical (unpaired) electrons. The summed E-state index contributed by atoms with van der Waals surface area (Å²) in [5.74, 6) is -1.92. The van der Waals surface area contributed by atoms with Gasteiger partial charge in [-0.1, -0.05) is 108 Å². The van der Waals surface area contributed by atoms with E-state index in [1.807, 2.05) is 60.7 Å². The van der Waals surface area contributed by atoms with Crippen LogP contribution < -0.4 is 20.7 Å². The molecule has 4 aromatic rings. The topological polar surface area (TPSA) is 182 Å². The highest BCUT2D eigenvalue weighted by molar-refractivity contribution is 6.35. The summed E-state index contributed by atoms with van der Waals surface area (Å²) in [6.07, 6.45) is 0.524. The number of carbonyl (C=O) groups is 5. The summed E-state index contributed by atoms with van der Waals surface area (Å²) in [5, 5.41) is 19.0. The van der Waals surface area contributed by atoms with Gasteiger partial charge in [0.15, 0.2) is 6.10 Å². The number of rotatable bonds is 19. The average molecular weight is 932 g/mol. The molecule has 346 valence electrons. The first kappa shape index (κ1) is 49.9. The molecule has 4 N–H and O–H groups in total. The number of carboxylic acid groups (broad SMARTS) is 1. The molecular formula is C49H56Cl2N4O10. The zero-order chi connectivity index (χ0) is 47.1. The highest BCUT2D eigenvalue weighted by Crippen LogP contribution is 2.36. The summed E-state index contributed by atoms with van der Waals surface area (Å²) in [6, 6.07) is 27.7. The van der Waals surface area contributed by atoms with Crippen LogP contribution in [0.15, 0.2) is 115 Å². The third kappa shape index (κ3) is 15.5. The minimum atomic E-state index is -1.32. The fourth-order valence-corrected chi connectivity index (χ4v) is 7.70. The van der Waals surface area contributed by atoms with Crippen molar-refractivity contribution in [1.82, 2.24) is 20.9 Å². The summed E-state index contributed by atoms with van der Waals surface area (Å²) in [6.45, 7) is 8.88. The number of halogens is 2. The second-order valence-corrected chi connectivity index (χ2v) is 17.7. The van der Waals surface area contributed by atoms with Gasteiger partial charge in [0.1, 0.15) is 36.3 Å². The minimum absolute atomic E-state index is 0.0703. The van der Waals surface area contributed by atoms with E-state index < -0.39 is 65.5 Å². The quantitative estimate of drug-likeness (QED) is 0.0527. The molecule has 0 bridgehead atoms. The zero-order valence-corrected chi connectivity index (χ0v) is 38.6. The second-order valence-electron chi connectivity index (χ2n) is 16.9. The molecule has 0 unspecified atom stereocenters. The molecule has 0 aromatic heterocycles. The Balaban J connectivity index is 1.32. The number of carboxylic acids is 1. The van der Waals surface area contributed by atoms with Crippen molar-refractivity contribution < 1.29 is 48.0 Å². The number of hydrogen-bond acceptors (Lipinski definition) is 9. The molecule has 5 rings (SSSR count). The van der Waals surface area contributed by atoms with E-state index in [4.69, 9.17) is 42.1 Å². The van der Waals surface area contributed by atoms with E-state index >= 15 is 0 Å². The van der Waals surface area contributed by atoms with Crippen molar-refractivity contribution in [3.05, 3.63) is 148 Å². The number of benzene rings is 4. The lowest BCUT2D eigenvalue weighted by Crippen LogP contribution is -2.55. The highest BCUT2D eigenvalue weighted by atomic mass is 35.5. The van der Waals surface area contributed by atoms with Gasteiger partial charge in [-0.2, -0.15) is 0 Å². The van der Waals surface area contributed by atoms with E-state index in [-0.39, 0.29) is 39.0 Å². The molecule has 0 saturated carbocycles. The summed E-state index contributed by atoms with van der Waals surface area (Å²) in [5.41, 5.74) is 0.781. The normalized spacial score (nSPS) is 16.6. The molecule has 1 fully saturated rings. The summed E-state index contributed by atoms with van der Waals surface area (Å²) < 4.78 is 23.3. The third-order valence-electron chi connectivity index (χ3n) is 10.2. The van der Waals surface area contributed by atoms with E-state index in [0.717, 1.165) is 22.8 Å². The van der Waals surface area contributed by atoms with Gasteiger partial charge in [-0.3, -0.25) is 14.5 Å². The third-order valence-corrected chi connectivity index (χ3v) is 10.9. The molecule has 4 aromatic carbocycles. The van der Waals surface area contributed by atoms with Gasteiger partial charge in [0.05, 0.1) is 12.1 Å².